The minimum absolute atomic E-state index is 0.0908. The van der Waals surface area contributed by atoms with Crippen LogP contribution in [0.5, 0.6) is 0 Å². The Morgan fingerprint density at radius 1 is 1.34 bits per heavy atom. The van der Waals surface area contributed by atoms with Gasteiger partial charge in [0.25, 0.3) is 5.91 Å². The Kier molecular flexibility index (Phi) is 5.57. The largest absolute Gasteiger partial charge is 0.321 e. The van der Waals surface area contributed by atoms with Crippen LogP contribution in [0.3, 0.4) is 0 Å². The van der Waals surface area contributed by atoms with Crippen molar-refractivity contribution in [3.63, 3.8) is 0 Å². The first kappa shape index (κ1) is 20.7. The maximum atomic E-state index is 14.8. The highest BCUT2D eigenvalue weighted by Crippen LogP contribution is 2.33. The van der Waals surface area contributed by atoms with Gasteiger partial charge in [0.1, 0.15) is 17.2 Å². The Bertz CT molecular complexity index is 1070. The van der Waals surface area contributed by atoms with Gasteiger partial charge in [-0.15, -0.1) is 6.58 Å². The van der Waals surface area contributed by atoms with Crippen molar-refractivity contribution in [2.24, 2.45) is 14.1 Å². The average molecular weight is 420 g/mol. The maximum absolute atomic E-state index is 14.8. The molecule has 0 radical (unpaired) electrons. The normalized spacial score (nSPS) is 13.2. The first-order chi connectivity index (χ1) is 13.6. The number of rotatable bonds is 6. The van der Waals surface area contributed by atoms with Crippen molar-refractivity contribution in [2.45, 2.75) is 19.0 Å². The predicted octanol–water partition coefficient (Wildman–Crippen LogP) is 4.63. The van der Waals surface area contributed by atoms with Crippen molar-refractivity contribution in [3.8, 4) is 11.3 Å². The fraction of sp³-hybridized carbons (Fsp3) is 0.250. The van der Waals surface area contributed by atoms with Gasteiger partial charge in [-0.05, 0) is 31.2 Å². The van der Waals surface area contributed by atoms with Crippen LogP contribution in [0.1, 0.15) is 29.5 Å². The lowest BCUT2D eigenvalue weighted by atomic mass is 9.99. The number of amides is 1. The van der Waals surface area contributed by atoms with Crippen LogP contribution >= 0.6 is 11.6 Å². The van der Waals surface area contributed by atoms with Crippen LogP contribution < -0.4 is 5.32 Å². The number of nitrogens with one attached hydrogen (secondary N) is 1. The molecule has 2 heterocycles. The third-order valence-electron chi connectivity index (χ3n) is 4.55. The first-order valence-corrected chi connectivity index (χ1v) is 9.15. The number of halogens is 3. The molecule has 0 aliphatic heterocycles. The third-order valence-corrected chi connectivity index (χ3v) is 4.83. The smallest absolute Gasteiger partial charge is 0.275 e. The highest BCUT2D eigenvalue weighted by molar-refractivity contribution is 6.34. The van der Waals surface area contributed by atoms with Gasteiger partial charge in [-0.3, -0.25) is 14.2 Å². The summed E-state index contributed by atoms with van der Waals surface area (Å²) in [6, 6.07) is 5.74. The number of anilines is 1. The molecule has 2 aromatic heterocycles. The monoisotopic (exact) mass is 419 g/mol. The summed E-state index contributed by atoms with van der Waals surface area (Å²) in [5.41, 5.74) is -0.452. The van der Waals surface area contributed by atoms with E-state index in [2.05, 4.69) is 22.1 Å². The van der Waals surface area contributed by atoms with Gasteiger partial charge in [0.2, 0.25) is 0 Å². The molecule has 1 N–H and O–H groups in total. The minimum atomic E-state index is -1.70. The highest BCUT2D eigenvalue weighted by atomic mass is 35.5. The molecule has 1 unspecified atom stereocenters. The molecule has 3 rings (SSSR count). The summed E-state index contributed by atoms with van der Waals surface area (Å²) in [5.74, 6) is -1.10. The number of carbonyl (C=O) groups excluding carboxylic acids is 1. The van der Waals surface area contributed by atoms with E-state index in [9.17, 15) is 13.6 Å². The van der Waals surface area contributed by atoms with Gasteiger partial charge in [-0.1, -0.05) is 17.7 Å². The summed E-state index contributed by atoms with van der Waals surface area (Å²) in [4.78, 5) is 12.4. The van der Waals surface area contributed by atoms with Gasteiger partial charge in [-0.25, -0.2) is 8.78 Å². The zero-order valence-corrected chi connectivity index (χ0v) is 17.0. The molecule has 0 bridgehead atoms. The fourth-order valence-electron chi connectivity index (χ4n) is 3.01. The zero-order chi connectivity index (χ0) is 21.3. The third kappa shape index (κ3) is 4.07. The molecule has 0 saturated carbocycles. The Morgan fingerprint density at radius 2 is 2.07 bits per heavy atom. The Balaban J connectivity index is 1.88. The molecule has 152 valence electrons. The van der Waals surface area contributed by atoms with E-state index in [1.165, 1.54) is 46.8 Å². The van der Waals surface area contributed by atoms with Crippen molar-refractivity contribution in [1.29, 1.82) is 0 Å². The van der Waals surface area contributed by atoms with Gasteiger partial charge in [0.05, 0.1) is 16.9 Å². The van der Waals surface area contributed by atoms with Gasteiger partial charge in [-0.2, -0.15) is 10.2 Å². The number of hydrogen-bond acceptors (Lipinski definition) is 3. The van der Waals surface area contributed by atoms with Crippen molar-refractivity contribution < 1.29 is 13.6 Å². The Morgan fingerprint density at radius 3 is 2.66 bits per heavy atom. The summed E-state index contributed by atoms with van der Waals surface area (Å²) in [7, 11) is 3.19. The average Bonchev–Trinajstić information content (AvgIpc) is 3.18. The molecule has 0 spiro atoms. The molecule has 29 heavy (non-hydrogen) atoms. The molecule has 3 aromatic rings. The lowest BCUT2D eigenvalue weighted by Gasteiger charge is -2.14. The van der Waals surface area contributed by atoms with Crippen LogP contribution in [0.4, 0.5) is 14.5 Å². The van der Waals surface area contributed by atoms with E-state index in [1.807, 2.05) is 0 Å². The van der Waals surface area contributed by atoms with Gasteiger partial charge >= 0.3 is 0 Å². The second kappa shape index (κ2) is 7.79. The summed E-state index contributed by atoms with van der Waals surface area (Å²) < 4.78 is 32.3. The zero-order valence-electron chi connectivity index (χ0n) is 16.2. The van der Waals surface area contributed by atoms with Crippen LogP contribution in [0.2, 0.25) is 5.02 Å². The highest BCUT2D eigenvalue weighted by Gasteiger charge is 2.29. The number of allylic oxidation sites excluding steroid dienone is 1. The minimum Gasteiger partial charge on any atom is -0.321 e. The van der Waals surface area contributed by atoms with Crippen LogP contribution in [0.25, 0.3) is 11.3 Å². The van der Waals surface area contributed by atoms with E-state index in [-0.39, 0.29) is 34.1 Å². The van der Waals surface area contributed by atoms with Crippen LogP contribution in [-0.2, 0) is 19.8 Å². The quantitative estimate of drug-likeness (QED) is 0.592. The summed E-state index contributed by atoms with van der Waals surface area (Å²) >= 11 is 5.96. The summed E-state index contributed by atoms with van der Waals surface area (Å²) in [6.45, 7) is 4.95. The van der Waals surface area contributed by atoms with E-state index < -0.39 is 17.4 Å². The summed E-state index contributed by atoms with van der Waals surface area (Å²) in [5, 5.41) is 10.9. The lowest BCUT2D eigenvalue weighted by Crippen LogP contribution is -2.16. The summed E-state index contributed by atoms with van der Waals surface area (Å²) in [6.07, 6.45) is 2.92. The van der Waals surface area contributed by atoms with Gasteiger partial charge in [0, 0.05) is 31.8 Å². The number of aryl methyl sites for hydroxylation is 2. The predicted molar refractivity (Wildman–Crippen MR) is 108 cm³/mol. The maximum Gasteiger partial charge on any atom is 0.275 e. The lowest BCUT2D eigenvalue weighted by molar-refractivity contribution is 0.101. The molecule has 6 nitrogen and oxygen atoms in total. The van der Waals surface area contributed by atoms with Crippen LogP contribution in [0.15, 0.2) is 43.1 Å². The van der Waals surface area contributed by atoms with Crippen molar-refractivity contribution in [3.05, 3.63) is 65.3 Å². The molecular formula is C20H20ClF2N5O. The number of aromatic nitrogens is 4. The number of carbonyl (C=O) groups is 1. The molecule has 1 aromatic carbocycles. The number of nitrogens with zero attached hydrogens (tertiary/aromatic N) is 4. The van der Waals surface area contributed by atoms with E-state index in [0.29, 0.717) is 5.69 Å². The van der Waals surface area contributed by atoms with Crippen LogP contribution in [-0.4, -0.2) is 25.5 Å². The van der Waals surface area contributed by atoms with Crippen LogP contribution in [0, 0.1) is 5.82 Å². The second-order valence-corrected chi connectivity index (χ2v) is 7.25. The Labute approximate surface area is 171 Å². The molecule has 0 saturated heterocycles. The van der Waals surface area contributed by atoms with E-state index >= 15 is 0 Å². The van der Waals surface area contributed by atoms with Crippen molar-refractivity contribution in [1.82, 2.24) is 19.6 Å². The SMILES string of the molecule is C=CCC(C)(F)c1cc(-c2ccc(NC(=O)c3c(Cl)cnn3C)cc2F)n(C)n1. The molecule has 1 amide bonds. The van der Waals surface area contributed by atoms with E-state index in [4.69, 9.17) is 11.6 Å². The van der Waals surface area contributed by atoms with Crippen molar-refractivity contribution in [2.75, 3.05) is 5.32 Å². The fourth-order valence-corrected chi connectivity index (χ4v) is 3.26. The van der Waals surface area contributed by atoms with Gasteiger partial charge in [0.15, 0.2) is 5.67 Å². The molecule has 0 fully saturated rings. The molecular weight excluding hydrogens is 400 g/mol. The topological polar surface area (TPSA) is 64.7 Å². The Hall–Kier alpha value is -3.00. The molecule has 1 atom stereocenters. The first-order valence-electron chi connectivity index (χ1n) is 8.77. The second-order valence-electron chi connectivity index (χ2n) is 6.84. The molecule has 9 heteroatoms. The molecule has 0 aliphatic carbocycles. The van der Waals surface area contributed by atoms with Crippen molar-refractivity contribution >= 4 is 23.2 Å². The van der Waals surface area contributed by atoms with E-state index in [0.717, 1.165) is 0 Å². The van der Waals surface area contributed by atoms with Gasteiger partial charge < -0.3 is 5.32 Å². The number of alkyl halides is 1. The number of hydrogen-bond donors (Lipinski definition) is 1. The van der Waals surface area contributed by atoms with E-state index in [1.54, 1.807) is 20.2 Å². The standard InChI is InChI=1S/C20H20ClF2N5O/c1-5-8-20(2,23)17-10-16(27(3)26-17)13-7-6-12(9-15(13)22)25-19(29)18-14(21)11-24-28(18)4/h5-7,9-11H,1,8H2,2-4H3,(H,25,29). The molecule has 0 aliphatic rings. The number of benzene rings is 1.